The zero-order valence-electron chi connectivity index (χ0n) is 11.8. The smallest absolute Gasteiger partial charge is 0.223 e. The van der Waals surface area contributed by atoms with E-state index < -0.39 is 0 Å². The highest BCUT2D eigenvalue weighted by Crippen LogP contribution is 2.12. The molecule has 0 saturated carbocycles. The van der Waals surface area contributed by atoms with Crippen LogP contribution in [0.2, 0.25) is 0 Å². The molecule has 0 spiro atoms. The van der Waals surface area contributed by atoms with Crippen LogP contribution in [0.5, 0.6) is 0 Å². The summed E-state index contributed by atoms with van der Waals surface area (Å²) in [5.41, 5.74) is 11.1. The van der Waals surface area contributed by atoms with E-state index in [1.807, 2.05) is 0 Å². The zero-order valence-corrected chi connectivity index (χ0v) is 12.6. The second-order valence-electron chi connectivity index (χ2n) is 4.95. The van der Waals surface area contributed by atoms with Crippen LogP contribution >= 0.6 is 11.3 Å². The van der Waals surface area contributed by atoms with Crippen molar-refractivity contribution >= 4 is 23.3 Å². The van der Waals surface area contributed by atoms with Crippen LogP contribution in [0.15, 0.2) is 27.5 Å². The van der Waals surface area contributed by atoms with Crippen molar-refractivity contribution in [2.24, 2.45) is 21.5 Å². The molecule has 1 aromatic heterocycles. The quantitative estimate of drug-likeness (QED) is 0.658. The Morgan fingerprint density at radius 1 is 1.20 bits per heavy atom. The van der Waals surface area contributed by atoms with E-state index in [2.05, 4.69) is 32.4 Å². The fourth-order valence-electron chi connectivity index (χ4n) is 2.31. The molecule has 20 heavy (non-hydrogen) atoms. The Bertz CT molecular complexity index is 440. The van der Waals surface area contributed by atoms with Gasteiger partial charge in [-0.3, -0.25) is 4.99 Å². The third-order valence-electron chi connectivity index (χ3n) is 3.31. The lowest BCUT2D eigenvalue weighted by Crippen LogP contribution is -2.34. The normalized spacial score (nSPS) is 16.8. The lowest BCUT2D eigenvalue weighted by Gasteiger charge is -2.21. The first-order valence-electron chi connectivity index (χ1n) is 7.17. The molecule has 0 atom stereocenters. The van der Waals surface area contributed by atoms with Gasteiger partial charge in [-0.2, -0.15) is 4.99 Å². The summed E-state index contributed by atoms with van der Waals surface area (Å²) in [6.07, 6.45) is 5.87. The molecule has 1 fully saturated rings. The van der Waals surface area contributed by atoms with Crippen molar-refractivity contribution < 1.29 is 0 Å². The van der Waals surface area contributed by atoms with Crippen LogP contribution in [0, 0.1) is 0 Å². The van der Waals surface area contributed by atoms with E-state index in [4.69, 9.17) is 11.5 Å². The van der Waals surface area contributed by atoms with Crippen LogP contribution in [-0.2, 0) is 6.42 Å². The summed E-state index contributed by atoms with van der Waals surface area (Å²) < 4.78 is 0. The summed E-state index contributed by atoms with van der Waals surface area (Å²) in [6, 6.07) is 4.20. The van der Waals surface area contributed by atoms with Gasteiger partial charge in [0.1, 0.15) is 0 Å². The zero-order chi connectivity index (χ0) is 14.2. The number of guanidine groups is 2. The monoisotopic (exact) mass is 293 g/mol. The molecule has 0 aliphatic carbocycles. The van der Waals surface area contributed by atoms with Crippen LogP contribution in [0.4, 0.5) is 0 Å². The van der Waals surface area contributed by atoms with Crippen LogP contribution in [0.1, 0.15) is 30.6 Å². The van der Waals surface area contributed by atoms with Gasteiger partial charge in [0.25, 0.3) is 0 Å². The molecule has 0 aromatic carbocycles. The number of rotatable bonds is 3. The number of likely N-dealkylation sites (tertiary alicyclic amines) is 1. The summed E-state index contributed by atoms with van der Waals surface area (Å²) in [5.74, 6) is 0.785. The highest BCUT2D eigenvalue weighted by molar-refractivity contribution is 7.09. The fraction of sp³-hybridized carbons (Fsp3) is 0.571. The first-order valence-corrected chi connectivity index (χ1v) is 8.05. The molecule has 5 nitrogen and oxygen atoms in total. The number of thiophene rings is 1. The molecule has 1 aliphatic rings. The second-order valence-corrected chi connectivity index (χ2v) is 5.98. The summed E-state index contributed by atoms with van der Waals surface area (Å²) in [7, 11) is 0. The van der Waals surface area contributed by atoms with Gasteiger partial charge in [-0.05, 0) is 24.3 Å². The van der Waals surface area contributed by atoms with E-state index in [1.54, 1.807) is 11.3 Å². The standard InChI is InChI=1S/C14H23N5S/c15-13(16)18-14(19-9-3-1-2-4-10-19)17-8-7-12-6-5-11-20-12/h5-6,11H,1-4,7-10H2,(H4,15,16,17,18). The fourth-order valence-corrected chi connectivity index (χ4v) is 3.01. The van der Waals surface area contributed by atoms with Gasteiger partial charge in [-0.15, -0.1) is 11.3 Å². The van der Waals surface area contributed by atoms with Crippen molar-refractivity contribution in [3.05, 3.63) is 22.4 Å². The molecule has 4 N–H and O–H groups in total. The highest BCUT2D eigenvalue weighted by Gasteiger charge is 2.13. The van der Waals surface area contributed by atoms with Gasteiger partial charge in [0.05, 0.1) is 0 Å². The van der Waals surface area contributed by atoms with E-state index in [-0.39, 0.29) is 5.96 Å². The summed E-state index contributed by atoms with van der Waals surface area (Å²) >= 11 is 1.76. The molecule has 1 aromatic rings. The average molecular weight is 293 g/mol. The van der Waals surface area contributed by atoms with E-state index in [1.165, 1.54) is 30.6 Å². The van der Waals surface area contributed by atoms with Gasteiger partial charge in [-0.25, -0.2) is 0 Å². The second kappa shape index (κ2) is 7.89. The Hall–Kier alpha value is -1.56. The molecule has 1 aliphatic heterocycles. The Morgan fingerprint density at radius 2 is 1.95 bits per heavy atom. The first-order chi connectivity index (χ1) is 9.75. The molecule has 2 rings (SSSR count). The number of hydrogen-bond acceptors (Lipinski definition) is 2. The van der Waals surface area contributed by atoms with Crippen LogP contribution in [0.25, 0.3) is 0 Å². The van der Waals surface area contributed by atoms with Crippen molar-refractivity contribution in [1.82, 2.24) is 4.90 Å². The minimum atomic E-state index is 0.0871. The van der Waals surface area contributed by atoms with Gasteiger partial charge >= 0.3 is 0 Å². The lowest BCUT2D eigenvalue weighted by atomic mass is 10.2. The number of aliphatic imine (C=N–C) groups is 2. The molecule has 1 saturated heterocycles. The summed E-state index contributed by atoms with van der Waals surface area (Å²) in [6.45, 7) is 2.71. The average Bonchev–Trinajstić information content (AvgIpc) is 2.78. The predicted molar refractivity (Wildman–Crippen MR) is 86.2 cm³/mol. The number of nitrogens with two attached hydrogens (primary N) is 2. The Kier molecular flexibility index (Phi) is 5.86. The molecule has 0 unspecified atom stereocenters. The molecular formula is C14H23N5S. The molecule has 6 heteroatoms. The van der Waals surface area contributed by atoms with Crippen molar-refractivity contribution in [3.8, 4) is 0 Å². The first kappa shape index (κ1) is 14.8. The van der Waals surface area contributed by atoms with Gasteiger partial charge in [-0.1, -0.05) is 18.9 Å². The summed E-state index contributed by atoms with van der Waals surface area (Å²) in [5, 5.41) is 2.09. The van der Waals surface area contributed by atoms with Gasteiger partial charge in [0.2, 0.25) is 5.96 Å². The maximum atomic E-state index is 5.53. The predicted octanol–water partition coefficient (Wildman–Crippen LogP) is 1.80. The van der Waals surface area contributed by atoms with Gasteiger partial charge in [0.15, 0.2) is 5.96 Å². The van der Waals surface area contributed by atoms with Gasteiger partial charge < -0.3 is 16.4 Å². The molecule has 2 heterocycles. The van der Waals surface area contributed by atoms with E-state index in [0.717, 1.165) is 26.1 Å². The van der Waals surface area contributed by atoms with Crippen LogP contribution < -0.4 is 11.5 Å². The topological polar surface area (TPSA) is 80.0 Å². The maximum Gasteiger partial charge on any atom is 0.223 e. The Morgan fingerprint density at radius 3 is 2.55 bits per heavy atom. The SMILES string of the molecule is NC(N)=NC(=NCCc1cccs1)N1CCCCCC1. The molecule has 0 amide bonds. The Balaban J connectivity index is 1.99. The van der Waals surface area contributed by atoms with Gasteiger partial charge in [0, 0.05) is 30.9 Å². The minimum Gasteiger partial charge on any atom is -0.370 e. The third kappa shape index (κ3) is 4.85. The Labute approximate surface area is 124 Å². The van der Waals surface area contributed by atoms with E-state index in [9.17, 15) is 0 Å². The highest BCUT2D eigenvalue weighted by atomic mass is 32.1. The van der Waals surface area contributed by atoms with Crippen molar-refractivity contribution in [2.45, 2.75) is 32.1 Å². The molecule has 0 radical (unpaired) electrons. The largest absolute Gasteiger partial charge is 0.370 e. The number of hydrogen-bond donors (Lipinski definition) is 2. The van der Waals surface area contributed by atoms with E-state index in [0.29, 0.717) is 5.96 Å². The number of nitrogens with zero attached hydrogens (tertiary/aromatic N) is 3. The van der Waals surface area contributed by atoms with Crippen LogP contribution in [-0.4, -0.2) is 36.5 Å². The molecule has 110 valence electrons. The van der Waals surface area contributed by atoms with Crippen LogP contribution in [0.3, 0.4) is 0 Å². The summed E-state index contributed by atoms with van der Waals surface area (Å²) in [4.78, 5) is 12.4. The van der Waals surface area contributed by atoms with Crippen molar-refractivity contribution in [3.63, 3.8) is 0 Å². The third-order valence-corrected chi connectivity index (χ3v) is 4.25. The minimum absolute atomic E-state index is 0.0871. The maximum absolute atomic E-state index is 5.53. The molecular weight excluding hydrogens is 270 g/mol. The van der Waals surface area contributed by atoms with E-state index >= 15 is 0 Å². The lowest BCUT2D eigenvalue weighted by molar-refractivity contribution is 0.429. The molecule has 0 bridgehead atoms. The van der Waals surface area contributed by atoms with Crippen molar-refractivity contribution in [1.29, 1.82) is 0 Å². The van der Waals surface area contributed by atoms with Crippen molar-refractivity contribution in [2.75, 3.05) is 19.6 Å².